The molecule has 0 aromatic heterocycles. The van der Waals surface area contributed by atoms with Crippen molar-refractivity contribution < 1.29 is 52.3 Å². The van der Waals surface area contributed by atoms with Crippen molar-refractivity contribution in [3.8, 4) is 0 Å². The second kappa shape index (κ2) is 451. The fourth-order valence-corrected chi connectivity index (χ4v) is 0. The molecule has 0 unspecified atom stereocenters. The van der Waals surface area contributed by atoms with Crippen LogP contribution in [0.15, 0.2) is 0 Å². The van der Waals surface area contributed by atoms with Gasteiger partial charge in [-0.1, -0.05) is 0 Å². The van der Waals surface area contributed by atoms with E-state index in [4.69, 9.17) is 0 Å². The maximum absolute atomic E-state index is 0. The van der Waals surface area contributed by atoms with Gasteiger partial charge >= 0.3 is 36.8 Å². The minimum Gasteiger partial charge on any atom is -0.870 e. The maximum atomic E-state index is 0. The van der Waals surface area contributed by atoms with Gasteiger partial charge in [0.2, 0.25) is 0 Å². The van der Waals surface area contributed by atoms with Crippen LogP contribution in [-0.4, -0.2) is 50.2 Å². The minimum atomic E-state index is 0. The Morgan fingerprint density at radius 2 is 0.375 bits per heavy atom. The first-order valence-corrected chi connectivity index (χ1v) is 0. The van der Waals surface area contributed by atoms with Gasteiger partial charge in [-0.3, -0.25) is 0 Å². The Morgan fingerprint density at radius 3 is 0.375 bits per heavy atom. The van der Waals surface area contributed by atoms with Crippen LogP contribution in [0.3, 0.4) is 0 Å². The summed E-state index contributed by atoms with van der Waals surface area (Å²) in [4.78, 5) is 0. The van der Waals surface area contributed by atoms with Gasteiger partial charge in [0, 0.05) is 0 Å². The van der Waals surface area contributed by atoms with Crippen LogP contribution >= 0.6 is 0 Å². The van der Waals surface area contributed by atoms with Gasteiger partial charge in [0.05, 0.1) is 0 Å². The topological polar surface area (TPSA) is 180 Å². The van der Waals surface area contributed by atoms with Crippen molar-refractivity contribution in [3.63, 3.8) is 0 Å². The first kappa shape index (κ1) is 666. The van der Waals surface area contributed by atoms with Crippen LogP contribution in [0.1, 0.15) is 0 Å². The second-order valence-electron chi connectivity index (χ2n) is 0. The molecule has 0 aliphatic rings. The molecular weight excluding hydrogens is 224 g/mol. The zero-order chi connectivity index (χ0) is 0. The van der Waals surface area contributed by atoms with E-state index in [0.717, 1.165) is 0 Å². The van der Waals surface area contributed by atoms with E-state index in [1.807, 2.05) is 0 Å². The predicted octanol–water partition coefficient (Wildman–Crippen LogP) is -1.44. The minimum absolute atomic E-state index is 0. The Hall–Kier alpha value is 0.916. The Bertz CT molecular complexity index is 8.49. The zero-order valence-electron chi connectivity index (χ0n) is 3.61. The molecule has 0 saturated carbocycles. The van der Waals surface area contributed by atoms with E-state index in [0.29, 0.717) is 0 Å². The van der Waals surface area contributed by atoms with Crippen LogP contribution < -0.4 is 0 Å². The zero-order valence-corrected chi connectivity index (χ0v) is 6.51. The van der Waals surface area contributed by atoms with E-state index in [9.17, 15) is 0 Å². The van der Waals surface area contributed by atoms with Crippen molar-refractivity contribution in [2.75, 3.05) is 0 Å². The Kier molecular flexibility index (Phi) is 37600. The molecule has 0 bridgehead atoms. The molecule has 6 N–H and O–H groups in total. The Morgan fingerprint density at radius 1 is 0.375 bits per heavy atom. The molecule has 0 rings (SSSR count). The van der Waals surface area contributed by atoms with Crippen LogP contribution in [0.2, 0.25) is 0 Å². The molecule has 0 amide bonds. The standard InChI is InChI=1S/Al.6H2O.Ru/h;6*1H2;/q+3;;;;;;;+3/p-6. The van der Waals surface area contributed by atoms with Crippen molar-refractivity contribution in [1.29, 1.82) is 0 Å². The number of hydrogen-bond acceptors (Lipinski definition) is 6. The fourth-order valence-electron chi connectivity index (χ4n) is 0. The van der Waals surface area contributed by atoms with E-state index < -0.39 is 0 Å². The van der Waals surface area contributed by atoms with Gasteiger partial charge in [-0.25, -0.2) is 0 Å². The Labute approximate surface area is 70.0 Å². The third kappa shape index (κ3) is 289. The third-order valence-electron chi connectivity index (χ3n) is 0. The van der Waals surface area contributed by atoms with Crippen molar-refractivity contribution in [3.05, 3.63) is 0 Å². The number of rotatable bonds is 0. The average Bonchev–Trinajstić information content (AvgIpc) is 0. The summed E-state index contributed by atoms with van der Waals surface area (Å²) in [6.45, 7) is 0. The van der Waals surface area contributed by atoms with E-state index >= 15 is 0 Å². The fraction of sp³-hybridized carbons (Fsp3) is 0. The van der Waals surface area contributed by atoms with Gasteiger partial charge in [-0.15, -0.1) is 0 Å². The molecule has 0 saturated heterocycles. The van der Waals surface area contributed by atoms with Crippen LogP contribution in [0.4, 0.5) is 0 Å². The molecular formula is H6AlO6Ru. The molecule has 0 heterocycles. The van der Waals surface area contributed by atoms with Crippen molar-refractivity contribution in [1.82, 2.24) is 0 Å². The predicted molar refractivity (Wildman–Crippen MR) is 17.4 cm³/mol. The van der Waals surface area contributed by atoms with Crippen molar-refractivity contribution in [2.24, 2.45) is 0 Å². The van der Waals surface area contributed by atoms with Crippen molar-refractivity contribution >= 4 is 17.4 Å². The van der Waals surface area contributed by atoms with Crippen LogP contribution in [-0.2, 0) is 19.5 Å². The van der Waals surface area contributed by atoms with Gasteiger partial charge in [0.1, 0.15) is 0 Å². The first-order chi connectivity index (χ1) is 0. The summed E-state index contributed by atoms with van der Waals surface area (Å²) in [5.74, 6) is 0. The summed E-state index contributed by atoms with van der Waals surface area (Å²) in [6.07, 6.45) is 0. The van der Waals surface area contributed by atoms with Crippen LogP contribution in [0, 0.1) is 0 Å². The summed E-state index contributed by atoms with van der Waals surface area (Å²) < 4.78 is 0. The summed E-state index contributed by atoms with van der Waals surface area (Å²) >= 11 is 0. The molecule has 0 aromatic rings. The Balaban J connectivity index is 0. The first-order valence-electron chi connectivity index (χ1n) is 0. The third-order valence-corrected chi connectivity index (χ3v) is 0. The average molecular weight is 230 g/mol. The molecule has 0 aromatic carbocycles. The van der Waals surface area contributed by atoms with Gasteiger partial charge < -0.3 is 32.9 Å². The molecule has 0 atom stereocenters. The van der Waals surface area contributed by atoms with E-state index in [-0.39, 0.29) is 69.7 Å². The van der Waals surface area contributed by atoms with Crippen molar-refractivity contribution in [2.45, 2.75) is 0 Å². The molecule has 1 radical (unpaired) electrons. The molecule has 8 heavy (non-hydrogen) atoms. The van der Waals surface area contributed by atoms with E-state index in [1.165, 1.54) is 0 Å². The van der Waals surface area contributed by atoms with Gasteiger partial charge in [0.15, 0.2) is 0 Å². The normalized spacial score (nSPS) is 0. The van der Waals surface area contributed by atoms with Crippen LogP contribution in [0.5, 0.6) is 0 Å². The summed E-state index contributed by atoms with van der Waals surface area (Å²) in [6, 6.07) is 0. The largest absolute Gasteiger partial charge is 3.00 e. The summed E-state index contributed by atoms with van der Waals surface area (Å²) in [7, 11) is 0. The summed E-state index contributed by atoms with van der Waals surface area (Å²) in [5, 5.41) is 0. The molecule has 0 aliphatic carbocycles. The number of hydrogen-bond donors (Lipinski definition) is 0. The molecule has 0 aliphatic heterocycles. The molecule has 8 heteroatoms. The molecule has 0 fully saturated rings. The quantitative estimate of drug-likeness (QED) is 0.459. The van der Waals surface area contributed by atoms with Gasteiger partial charge in [0.25, 0.3) is 0 Å². The monoisotopic (exact) mass is 231 g/mol. The van der Waals surface area contributed by atoms with Gasteiger partial charge in [-0.2, -0.15) is 0 Å². The van der Waals surface area contributed by atoms with E-state index in [2.05, 4.69) is 0 Å². The SMILES string of the molecule is [Al+3].[OH-].[OH-].[OH-].[OH-].[OH-].[OH-].[Ru+3]. The molecule has 53 valence electrons. The van der Waals surface area contributed by atoms with Gasteiger partial charge in [-0.05, 0) is 0 Å². The molecule has 0 spiro atoms. The summed E-state index contributed by atoms with van der Waals surface area (Å²) in [5.41, 5.74) is 0. The maximum Gasteiger partial charge on any atom is 3.00 e. The molecule has 6 nitrogen and oxygen atoms in total. The van der Waals surface area contributed by atoms with E-state index in [1.54, 1.807) is 0 Å². The van der Waals surface area contributed by atoms with Crippen LogP contribution in [0.25, 0.3) is 0 Å². The second-order valence-corrected chi connectivity index (χ2v) is 0. The smallest absolute Gasteiger partial charge is 0.870 e.